The minimum Gasteiger partial charge on any atom is -0.480 e. The van der Waals surface area contributed by atoms with Crippen LogP contribution >= 0.6 is 11.6 Å². The number of nitrogens with zero attached hydrogens (tertiary/aromatic N) is 2. The van der Waals surface area contributed by atoms with E-state index in [1.54, 1.807) is 29.2 Å². The fourth-order valence-electron chi connectivity index (χ4n) is 2.78. The standard InChI is InChI=1S/C17H21ClN2O4/c1-11(17(23)24)19(2)15(21)13-4-3-9-20(10-13)16(22)12-5-7-14(18)8-6-12/h5-8,11,13H,3-4,9-10H2,1-2H3,(H,23,24). The minimum absolute atomic E-state index is 0.141. The van der Waals surface area contributed by atoms with Crippen LogP contribution in [0, 0.1) is 5.92 Å². The van der Waals surface area contributed by atoms with Crippen molar-refractivity contribution in [2.75, 3.05) is 20.1 Å². The lowest BCUT2D eigenvalue weighted by Gasteiger charge is -2.35. The summed E-state index contributed by atoms with van der Waals surface area (Å²) in [5.74, 6) is -1.80. The number of carboxylic acids is 1. The van der Waals surface area contributed by atoms with E-state index in [2.05, 4.69) is 0 Å². The molecule has 2 atom stereocenters. The molecule has 1 fully saturated rings. The Bertz CT molecular complexity index is 632. The summed E-state index contributed by atoms with van der Waals surface area (Å²) in [6.45, 7) is 2.36. The summed E-state index contributed by atoms with van der Waals surface area (Å²) >= 11 is 5.83. The second-order valence-electron chi connectivity index (χ2n) is 6.06. The minimum atomic E-state index is -1.05. The van der Waals surface area contributed by atoms with Gasteiger partial charge in [-0.05, 0) is 44.0 Å². The van der Waals surface area contributed by atoms with Crippen molar-refractivity contribution in [2.24, 2.45) is 5.92 Å². The molecule has 2 rings (SSSR count). The van der Waals surface area contributed by atoms with Crippen molar-refractivity contribution in [1.82, 2.24) is 9.80 Å². The van der Waals surface area contributed by atoms with Gasteiger partial charge in [-0.15, -0.1) is 0 Å². The van der Waals surface area contributed by atoms with Gasteiger partial charge in [0, 0.05) is 30.7 Å². The third-order valence-electron chi connectivity index (χ3n) is 4.43. The maximum absolute atomic E-state index is 12.6. The van der Waals surface area contributed by atoms with Crippen LogP contribution in [0.3, 0.4) is 0 Å². The molecule has 1 N–H and O–H groups in total. The maximum Gasteiger partial charge on any atom is 0.326 e. The summed E-state index contributed by atoms with van der Waals surface area (Å²) in [5.41, 5.74) is 0.528. The van der Waals surface area contributed by atoms with Crippen LogP contribution < -0.4 is 0 Å². The lowest BCUT2D eigenvalue weighted by molar-refractivity contribution is -0.150. The Kier molecular flexibility index (Phi) is 5.83. The number of benzene rings is 1. The lowest BCUT2D eigenvalue weighted by Crippen LogP contribution is -2.49. The molecule has 1 aliphatic rings. The molecule has 2 unspecified atom stereocenters. The second-order valence-corrected chi connectivity index (χ2v) is 6.50. The van der Waals surface area contributed by atoms with Crippen LogP contribution in [0.2, 0.25) is 5.02 Å². The van der Waals surface area contributed by atoms with E-state index in [9.17, 15) is 14.4 Å². The topological polar surface area (TPSA) is 77.9 Å². The van der Waals surface area contributed by atoms with Gasteiger partial charge < -0.3 is 14.9 Å². The monoisotopic (exact) mass is 352 g/mol. The number of carbonyl (C=O) groups is 3. The van der Waals surface area contributed by atoms with Gasteiger partial charge in [-0.2, -0.15) is 0 Å². The molecule has 1 aliphatic heterocycles. The molecule has 2 amide bonds. The zero-order chi connectivity index (χ0) is 17.9. The van der Waals surface area contributed by atoms with Crippen LogP contribution in [0.15, 0.2) is 24.3 Å². The number of likely N-dealkylation sites (tertiary alicyclic amines) is 1. The first-order chi connectivity index (χ1) is 11.3. The number of amides is 2. The van der Waals surface area contributed by atoms with E-state index >= 15 is 0 Å². The normalized spacial score (nSPS) is 18.8. The number of carboxylic acid groups (broad SMARTS) is 1. The molecule has 1 aromatic carbocycles. The molecule has 1 aromatic rings. The molecule has 7 heteroatoms. The van der Waals surface area contributed by atoms with Gasteiger partial charge in [0.1, 0.15) is 6.04 Å². The highest BCUT2D eigenvalue weighted by molar-refractivity contribution is 6.30. The van der Waals surface area contributed by atoms with Crippen molar-refractivity contribution in [1.29, 1.82) is 0 Å². The number of piperidine rings is 1. The Morgan fingerprint density at radius 1 is 1.29 bits per heavy atom. The zero-order valence-electron chi connectivity index (χ0n) is 13.7. The highest BCUT2D eigenvalue weighted by atomic mass is 35.5. The van der Waals surface area contributed by atoms with Crippen LogP contribution in [0.25, 0.3) is 0 Å². The molecular weight excluding hydrogens is 332 g/mol. The molecule has 130 valence electrons. The first kappa shape index (κ1) is 18.3. The van der Waals surface area contributed by atoms with Gasteiger partial charge in [0.25, 0.3) is 5.91 Å². The van der Waals surface area contributed by atoms with Crippen molar-refractivity contribution in [2.45, 2.75) is 25.8 Å². The fraction of sp³-hybridized carbons (Fsp3) is 0.471. The quantitative estimate of drug-likeness (QED) is 0.900. The molecule has 0 spiro atoms. The molecule has 0 bridgehead atoms. The maximum atomic E-state index is 12.6. The van der Waals surface area contributed by atoms with Crippen LogP contribution in [-0.4, -0.2) is 58.9 Å². The van der Waals surface area contributed by atoms with Gasteiger partial charge in [-0.1, -0.05) is 11.6 Å². The van der Waals surface area contributed by atoms with Crippen molar-refractivity contribution in [3.05, 3.63) is 34.9 Å². The number of hydrogen-bond donors (Lipinski definition) is 1. The highest BCUT2D eigenvalue weighted by Crippen LogP contribution is 2.21. The fourth-order valence-corrected chi connectivity index (χ4v) is 2.91. The number of rotatable bonds is 4. The van der Waals surface area contributed by atoms with Crippen molar-refractivity contribution in [3.63, 3.8) is 0 Å². The van der Waals surface area contributed by atoms with Crippen LogP contribution in [0.1, 0.15) is 30.1 Å². The van der Waals surface area contributed by atoms with Crippen molar-refractivity contribution >= 4 is 29.4 Å². The van der Waals surface area contributed by atoms with E-state index in [0.717, 1.165) is 0 Å². The zero-order valence-corrected chi connectivity index (χ0v) is 14.5. The van der Waals surface area contributed by atoms with Crippen molar-refractivity contribution in [3.8, 4) is 0 Å². The Morgan fingerprint density at radius 2 is 1.92 bits per heavy atom. The summed E-state index contributed by atoms with van der Waals surface area (Å²) in [5, 5.41) is 9.60. The van der Waals surface area contributed by atoms with E-state index in [1.165, 1.54) is 18.9 Å². The highest BCUT2D eigenvalue weighted by Gasteiger charge is 2.33. The predicted molar refractivity (Wildman–Crippen MR) is 89.9 cm³/mol. The second kappa shape index (κ2) is 7.66. The summed E-state index contributed by atoms with van der Waals surface area (Å²) in [6, 6.07) is 5.75. The third kappa shape index (κ3) is 4.06. The summed E-state index contributed by atoms with van der Waals surface area (Å²) in [4.78, 5) is 39.0. The van der Waals surface area contributed by atoms with Crippen LogP contribution in [-0.2, 0) is 9.59 Å². The van der Waals surface area contributed by atoms with Gasteiger partial charge in [0.2, 0.25) is 5.91 Å². The summed E-state index contributed by atoms with van der Waals surface area (Å²) in [6.07, 6.45) is 1.37. The Morgan fingerprint density at radius 3 is 2.50 bits per heavy atom. The van der Waals surface area contributed by atoms with E-state index in [-0.39, 0.29) is 17.7 Å². The average Bonchev–Trinajstić information content (AvgIpc) is 2.59. The molecule has 1 saturated heterocycles. The molecule has 6 nitrogen and oxygen atoms in total. The van der Waals surface area contributed by atoms with Crippen LogP contribution in [0.4, 0.5) is 0 Å². The predicted octanol–water partition coefficient (Wildman–Crippen LogP) is 2.12. The van der Waals surface area contributed by atoms with Gasteiger partial charge in [-0.3, -0.25) is 9.59 Å². The molecular formula is C17H21ClN2O4. The van der Waals surface area contributed by atoms with Gasteiger partial charge >= 0.3 is 5.97 Å². The summed E-state index contributed by atoms with van der Waals surface area (Å²) in [7, 11) is 1.49. The Balaban J connectivity index is 2.05. The van der Waals surface area contributed by atoms with E-state index < -0.39 is 12.0 Å². The number of hydrogen-bond acceptors (Lipinski definition) is 3. The smallest absolute Gasteiger partial charge is 0.326 e. The molecule has 0 radical (unpaired) electrons. The average molecular weight is 353 g/mol. The SMILES string of the molecule is CC(C(=O)O)N(C)C(=O)C1CCCN(C(=O)c2ccc(Cl)cc2)C1. The van der Waals surface area contributed by atoms with Crippen molar-refractivity contribution < 1.29 is 19.5 Å². The molecule has 0 aromatic heterocycles. The van der Waals surface area contributed by atoms with Gasteiger partial charge in [0.15, 0.2) is 0 Å². The third-order valence-corrected chi connectivity index (χ3v) is 4.69. The number of aliphatic carboxylic acids is 1. The largest absolute Gasteiger partial charge is 0.480 e. The first-order valence-corrected chi connectivity index (χ1v) is 8.23. The van der Waals surface area contributed by atoms with Gasteiger partial charge in [-0.25, -0.2) is 4.79 Å². The number of likely N-dealkylation sites (N-methyl/N-ethyl adjacent to an activating group) is 1. The number of carbonyl (C=O) groups excluding carboxylic acids is 2. The molecule has 24 heavy (non-hydrogen) atoms. The molecule has 1 heterocycles. The van der Waals surface area contributed by atoms with E-state index in [0.29, 0.717) is 36.5 Å². The molecule has 0 aliphatic carbocycles. The Hall–Kier alpha value is -2.08. The van der Waals surface area contributed by atoms with E-state index in [1.807, 2.05) is 0 Å². The first-order valence-electron chi connectivity index (χ1n) is 7.85. The lowest BCUT2D eigenvalue weighted by atomic mass is 9.95. The Labute approximate surface area is 146 Å². The van der Waals surface area contributed by atoms with Gasteiger partial charge in [0.05, 0.1) is 5.92 Å². The van der Waals surface area contributed by atoms with Crippen LogP contribution in [0.5, 0.6) is 0 Å². The summed E-state index contributed by atoms with van der Waals surface area (Å²) < 4.78 is 0. The van der Waals surface area contributed by atoms with E-state index in [4.69, 9.17) is 16.7 Å². The number of halogens is 1. The molecule has 0 saturated carbocycles.